The van der Waals surface area contributed by atoms with Gasteiger partial charge in [-0.05, 0) is 60.7 Å². The molecule has 0 heterocycles. The van der Waals surface area contributed by atoms with Gasteiger partial charge in [0, 0.05) is 11.1 Å². The largest absolute Gasteiger partial charge is 0.478 e. The summed E-state index contributed by atoms with van der Waals surface area (Å²) in [6, 6.07) is 10.4. The summed E-state index contributed by atoms with van der Waals surface area (Å²) in [6.07, 6.45) is -6.21. The molecular weight excluding hydrogens is 646 g/mol. The van der Waals surface area contributed by atoms with Crippen molar-refractivity contribution in [3.05, 3.63) is 118 Å². The average Bonchev–Trinajstić information content (AvgIpc) is 3.00. The number of carboxylic acids is 4. The molecule has 0 spiro atoms. The highest BCUT2D eigenvalue weighted by Crippen LogP contribution is 2.57. The maximum absolute atomic E-state index is 15.9. The Morgan fingerprint density at radius 1 is 0.489 bits per heavy atom. The van der Waals surface area contributed by atoms with Crippen LogP contribution in [-0.2, 0) is 11.6 Å². The van der Waals surface area contributed by atoms with E-state index in [0.29, 0.717) is 48.5 Å². The van der Waals surface area contributed by atoms with Crippen LogP contribution in [0.3, 0.4) is 0 Å². The molecule has 4 aromatic carbocycles. The highest BCUT2D eigenvalue weighted by Gasteiger charge is 2.72. The minimum absolute atomic E-state index is 0.332. The van der Waals surface area contributed by atoms with Gasteiger partial charge in [-0.3, -0.25) is 0 Å². The van der Waals surface area contributed by atoms with Crippen molar-refractivity contribution in [2.24, 2.45) is 0 Å². The van der Waals surface area contributed by atoms with Crippen LogP contribution in [0.25, 0.3) is 0 Å². The molecule has 1 atom stereocenters. The van der Waals surface area contributed by atoms with Crippen molar-refractivity contribution in [2.45, 2.75) is 17.8 Å². The maximum Gasteiger partial charge on any atom is 0.433 e. The van der Waals surface area contributed by atoms with Gasteiger partial charge in [0.15, 0.2) is 0 Å². The minimum atomic E-state index is -6.21. The molecule has 0 aromatic heterocycles. The number of halogens is 6. The fourth-order valence-corrected chi connectivity index (χ4v) is 4.49. The first-order chi connectivity index (χ1) is 21.9. The monoisotopic (exact) mass is 664 g/mol. The van der Waals surface area contributed by atoms with E-state index in [1.165, 1.54) is 0 Å². The second-order valence-corrected chi connectivity index (χ2v) is 9.56. The molecule has 47 heavy (non-hydrogen) atoms. The normalized spacial score (nSPS) is 12.9. The van der Waals surface area contributed by atoms with E-state index in [0.717, 1.165) is 36.4 Å². The lowest BCUT2D eigenvalue weighted by Gasteiger charge is -2.35. The van der Waals surface area contributed by atoms with Crippen molar-refractivity contribution < 1.29 is 75.4 Å². The molecule has 0 fully saturated rings. The number of rotatable bonds is 11. The number of aromatic carboxylic acids is 4. The van der Waals surface area contributed by atoms with Gasteiger partial charge in [0.2, 0.25) is 0 Å². The third-order valence-corrected chi connectivity index (χ3v) is 6.69. The van der Waals surface area contributed by atoms with Crippen molar-refractivity contribution in [1.29, 1.82) is 0 Å². The lowest BCUT2D eigenvalue weighted by Crippen LogP contribution is -2.51. The summed E-state index contributed by atoms with van der Waals surface area (Å²) in [5.41, 5.74) is -11.3. The zero-order chi connectivity index (χ0) is 34.9. The zero-order valence-electron chi connectivity index (χ0n) is 23.1. The molecule has 16 heteroatoms. The highest BCUT2D eigenvalue weighted by molar-refractivity contribution is 6.04. The van der Waals surface area contributed by atoms with E-state index in [9.17, 15) is 52.8 Å². The van der Waals surface area contributed by atoms with Gasteiger partial charge < -0.3 is 29.9 Å². The lowest BCUT2D eigenvalue weighted by atomic mass is 9.84. The second-order valence-electron chi connectivity index (χ2n) is 9.56. The predicted octanol–water partition coefficient (Wildman–Crippen LogP) is 7.58. The first-order valence-electron chi connectivity index (χ1n) is 12.8. The van der Waals surface area contributed by atoms with Gasteiger partial charge in [-0.25, -0.2) is 23.6 Å². The predicted molar refractivity (Wildman–Crippen MR) is 146 cm³/mol. The Labute approximate surface area is 258 Å². The SMILES string of the molecule is O=C(O)c1cccc(Oc2ccc(C(F)(F)C(F)(c3ccc(Oc4cccc(C(=O)O)c4C(=O)O)cc3)C(F)(F)F)cc2)c1C(=O)O. The van der Waals surface area contributed by atoms with E-state index in [2.05, 4.69) is 0 Å². The van der Waals surface area contributed by atoms with Crippen molar-refractivity contribution in [1.82, 2.24) is 0 Å². The van der Waals surface area contributed by atoms with Gasteiger partial charge in [-0.15, -0.1) is 0 Å². The van der Waals surface area contributed by atoms with Crippen LogP contribution in [0.2, 0.25) is 0 Å². The quantitative estimate of drug-likeness (QED) is 0.117. The van der Waals surface area contributed by atoms with Crippen LogP contribution >= 0.6 is 0 Å². The fourth-order valence-electron chi connectivity index (χ4n) is 4.49. The van der Waals surface area contributed by atoms with E-state index in [-0.39, 0.29) is 0 Å². The van der Waals surface area contributed by atoms with Crippen molar-refractivity contribution in [3.63, 3.8) is 0 Å². The van der Waals surface area contributed by atoms with E-state index >= 15 is 13.2 Å². The van der Waals surface area contributed by atoms with E-state index in [4.69, 9.17) is 9.47 Å². The summed E-state index contributed by atoms with van der Waals surface area (Å²) in [4.78, 5) is 46.0. The Kier molecular flexibility index (Phi) is 8.91. The lowest BCUT2D eigenvalue weighted by molar-refractivity contribution is -0.314. The third kappa shape index (κ3) is 6.25. The van der Waals surface area contributed by atoms with Gasteiger partial charge in [0.1, 0.15) is 34.1 Å². The van der Waals surface area contributed by atoms with Gasteiger partial charge in [0.05, 0.1) is 11.1 Å². The summed E-state index contributed by atoms with van der Waals surface area (Å²) in [5, 5.41) is 37.3. The Morgan fingerprint density at radius 2 is 0.851 bits per heavy atom. The number of hydrogen-bond donors (Lipinski definition) is 4. The highest BCUT2D eigenvalue weighted by atomic mass is 19.4. The molecule has 4 N–H and O–H groups in total. The number of ether oxygens (including phenoxy) is 2. The molecule has 4 rings (SSSR count). The number of carboxylic acid groups (broad SMARTS) is 4. The Morgan fingerprint density at radius 3 is 1.17 bits per heavy atom. The van der Waals surface area contributed by atoms with Gasteiger partial charge in [-0.1, -0.05) is 24.3 Å². The molecule has 0 aliphatic rings. The molecule has 10 nitrogen and oxygen atoms in total. The van der Waals surface area contributed by atoms with E-state index in [1.807, 2.05) is 0 Å². The second kappa shape index (κ2) is 12.4. The third-order valence-electron chi connectivity index (χ3n) is 6.69. The van der Waals surface area contributed by atoms with Crippen molar-refractivity contribution in [3.8, 4) is 23.0 Å². The van der Waals surface area contributed by atoms with Crippen LogP contribution < -0.4 is 9.47 Å². The standard InChI is InChI=1S/C31H18F6O10/c32-29(31(35,36)37,15-7-11-17(12-8-15)46-21-5-1-3-19(25(38)39)23(21)27(42)43)30(33,34)16-9-13-18(14-10-16)47-22-6-2-4-20(26(40)41)24(22)28(44)45/h1-14H,(H,38,39)(H,40,41)(H,42,43)(H,44,45). The molecule has 0 amide bonds. The summed E-state index contributed by atoms with van der Waals surface area (Å²) in [5.74, 6) is -13.9. The smallest absolute Gasteiger partial charge is 0.433 e. The molecule has 0 aliphatic carbocycles. The molecular formula is C31H18F6O10. The number of alkyl halides is 6. The average molecular weight is 664 g/mol. The molecule has 0 saturated carbocycles. The van der Waals surface area contributed by atoms with E-state index < -0.39 is 98.0 Å². The van der Waals surface area contributed by atoms with Crippen LogP contribution in [0.4, 0.5) is 26.3 Å². The Bertz CT molecular complexity index is 1870. The minimum Gasteiger partial charge on any atom is -0.478 e. The summed E-state index contributed by atoms with van der Waals surface area (Å²) in [7, 11) is 0. The molecule has 0 radical (unpaired) electrons. The van der Waals surface area contributed by atoms with Gasteiger partial charge in [-0.2, -0.15) is 22.0 Å². The summed E-state index contributed by atoms with van der Waals surface area (Å²) in [6.45, 7) is 0. The van der Waals surface area contributed by atoms with Crippen molar-refractivity contribution >= 4 is 23.9 Å². The molecule has 1 unspecified atom stereocenters. The molecule has 4 aromatic rings. The first kappa shape index (κ1) is 33.8. The topological polar surface area (TPSA) is 168 Å². The maximum atomic E-state index is 15.9. The first-order valence-corrected chi connectivity index (χ1v) is 12.8. The van der Waals surface area contributed by atoms with Crippen LogP contribution in [0.5, 0.6) is 23.0 Å². The van der Waals surface area contributed by atoms with Crippen molar-refractivity contribution in [2.75, 3.05) is 0 Å². The number of carbonyl (C=O) groups is 4. The molecule has 0 bridgehead atoms. The van der Waals surface area contributed by atoms with Crippen LogP contribution in [-0.4, -0.2) is 50.5 Å². The Hall–Kier alpha value is -6.06. The summed E-state index contributed by atoms with van der Waals surface area (Å²) < 4.78 is 99.9. The number of benzene rings is 4. The summed E-state index contributed by atoms with van der Waals surface area (Å²) >= 11 is 0. The number of hydrogen-bond acceptors (Lipinski definition) is 6. The molecule has 244 valence electrons. The molecule has 0 aliphatic heterocycles. The van der Waals surface area contributed by atoms with E-state index in [1.54, 1.807) is 0 Å². The molecule has 0 saturated heterocycles. The van der Waals surface area contributed by atoms with Crippen LogP contribution in [0.15, 0.2) is 84.9 Å². The Balaban J connectivity index is 1.67. The van der Waals surface area contributed by atoms with Gasteiger partial charge in [0.25, 0.3) is 5.67 Å². The van der Waals surface area contributed by atoms with Gasteiger partial charge >= 0.3 is 36.0 Å². The van der Waals surface area contributed by atoms with Crippen LogP contribution in [0.1, 0.15) is 52.6 Å². The van der Waals surface area contributed by atoms with Crippen LogP contribution in [0, 0.1) is 0 Å². The zero-order valence-corrected chi connectivity index (χ0v) is 23.1. The fraction of sp³-hybridized carbons (Fsp3) is 0.0968.